The predicted octanol–water partition coefficient (Wildman–Crippen LogP) is 4.65. The molecule has 1 saturated heterocycles. The van der Waals surface area contributed by atoms with Crippen molar-refractivity contribution in [1.29, 1.82) is 0 Å². The second kappa shape index (κ2) is 7.29. The Labute approximate surface area is 148 Å². The monoisotopic (exact) mass is 349 g/mol. The molecule has 5 heteroatoms. The molecule has 0 N–H and O–H groups in total. The smallest absolute Gasteiger partial charge is 0.0745 e. The standard InChI is InChI=1S/C18H24ClN3S/c1-13-18(14(2)21(3)20-13)23-22-10-8-16(9-11-22)12-15-4-6-17(19)7-5-15/h4-7,16H,8-12H2,1-3H3. The van der Waals surface area contributed by atoms with Crippen LogP contribution in [0.4, 0.5) is 0 Å². The molecule has 0 spiro atoms. The van der Waals surface area contributed by atoms with Crippen molar-refractivity contribution in [3.63, 3.8) is 0 Å². The first-order valence-corrected chi connectivity index (χ1v) is 9.35. The number of piperidine rings is 1. The fraction of sp³-hybridized carbons (Fsp3) is 0.500. The zero-order chi connectivity index (χ0) is 16.4. The molecule has 0 bridgehead atoms. The van der Waals surface area contributed by atoms with E-state index in [1.807, 2.05) is 35.8 Å². The van der Waals surface area contributed by atoms with Gasteiger partial charge in [-0.25, -0.2) is 4.31 Å². The summed E-state index contributed by atoms with van der Waals surface area (Å²) in [6.07, 6.45) is 3.68. The third-order valence-corrected chi connectivity index (χ3v) is 6.32. The van der Waals surface area contributed by atoms with Crippen molar-refractivity contribution in [2.75, 3.05) is 13.1 Å². The highest BCUT2D eigenvalue weighted by Gasteiger charge is 2.22. The molecular weight excluding hydrogens is 326 g/mol. The van der Waals surface area contributed by atoms with Gasteiger partial charge in [0.25, 0.3) is 0 Å². The average molecular weight is 350 g/mol. The van der Waals surface area contributed by atoms with Gasteiger partial charge >= 0.3 is 0 Å². The molecule has 1 aliphatic heterocycles. The molecule has 0 atom stereocenters. The van der Waals surface area contributed by atoms with E-state index in [-0.39, 0.29) is 0 Å². The molecule has 1 fully saturated rings. The largest absolute Gasteiger partial charge is 0.271 e. The summed E-state index contributed by atoms with van der Waals surface area (Å²) in [5.74, 6) is 0.782. The Kier molecular flexibility index (Phi) is 5.34. The molecule has 3 nitrogen and oxygen atoms in total. The Morgan fingerprint density at radius 1 is 1.17 bits per heavy atom. The lowest BCUT2D eigenvalue weighted by atomic mass is 9.91. The molecular formula is C18H24ClN3S. The summed E-state index contributed by atoms with van der Waals surface area (Å²) >= 11 is 7.84. The molecule has 2 aromatic rings. The normalized spacial score (nSPS) is 16.9. The molecule has 0 saturated carbocycles. The molecule has 23 heavy (non-hydrogen) atoms. The average Bonchev–Trinajstić information content (AvgIpc) is 2.78. The van der Waals surface area contributed by atoms with Gasteiger partial charge in [-0.15, -0.1) is 0 Å². The summed E-state index contributed by atoms with van der Waals surface area (Å²) < 4.78 is 4.47. The molecule has 3 rings (SSSR count). The number of aromatic nitrogens is 2. The summed E-state index contributed by atoms with van der Waals surface area (Å²) in [5.41, 5.74) is 3.80. The van der Waals surface area contributed by atoms with E-state index in [1.54, 1.807) is 0 Å². The van der Waals surface area contributed by atoms with Gasteiger partial charge in [0.05, 0.1) is 16.3 Å². The second-order valence-electron chi connectivity index (χ2n) is 6.42. The second-order valence-corrected chi connectivity index (χ2v) is 7.96. The van der Waals surface area contributed by atoms with E-state index in [0.29, 0.717) is 0 Å². The van der Waals surface area contributed by atoms with Crippen LogP contribution in [0.5, 0.6) is 0 Å². The van der Waals surface area contributed by atoms with Crippen LogP contribution in [0.3, 0.4) is 0 Å². The first-order valence-electron chi connectivity index (χ1n) is 8.20. The fourth-order valence-corrected chi connectivity index (χ4v) is 4.39. The molecule has 0 aliphatic carbocycles. The highest BCUT2D eigenvalue weighted by molar-refractivity contribution is 7.97. The van der Waals surface area contributed by atoms with Crippen LogP contribution in [0.2, 0.25) is 5.02 Å². The SMILES string of the molecule is Cc1nn(C)c(C)c1SN1CCC(Cc2ccc(Cl)cc2)CC1. The summed E-state index contributed by atoms with van der Waals surface area (Å²) in [6, 6.07) is 8.31. The van der Waals surface area contributed by atoms with Gasteiger partial charge in [-0.1, -0.05) is 23.7 Å². The molecule has 1 aromatic heterocycles. The molecule has 124 valence electrons. The summed E-state index contributed by atoms with van der Waals surface area (Å²) in [4.78, 5) is 1.32. The van der Waals surface area contributed by atoms with Crippen LogP contribution in [0, 0.1) is 19.8 Å². The van der Waals surface area contributed by atoms with Crippen LogP contribution in [0.15, 0.2) is 29.2 Å². The zero-order valence-electron chi connectivity index (χ0n) is 14.1. The van der Waals surface area contributed by atoms with Crippen LogP contribution < -0.4 is 0 Å². The number of aryl methyl sites for hydroxylation is 2. The van der Waals surface area contributed by atoms with Crippen LogP contribution in [0.1, 0.15) is 29.8 Å². The van der Waals surface area contributed by atoms with Gasteiger partial charge < -0.3 is 0 Å². The van der Waals surface area contributed by atoms with Crippen molar-refractivity contribution in [1.82, 2.24) is 14.1 Å². The maximum absolute atomic E-state index is 5.96. The van der Waals surface area contributed by atoms with Gasteiger partial charge in [0.2, 0.25) is 0 Å². The minimum Gasteiger partial charge on any atom is -0.271 e. The van der Waals surface area contributed by atoms with E-state index in [0.717, 1.165) is 29.7 Å². The van der Waals surface area contributed by atoms with Gasteiger partial charge in [-0.3, -0.25) is 4.68 Å². The Hall–Kier alpha value is -0.970. The van der Waals surface area contributed by atoms with Gasteiger partial charge in [0.15, 0.2) is 0 Å². The van der Waals surface area contributed by atoms with Crippen molar-refractivity contribution in [3.8, 4) is 0 Å². The summed E-state index contributed by atoms with van der Waals surface area (Å²) in [6.45, 7) is 6.55. The lowest BCUT2D eigenvalue weighted by molar-refractivity contribution is 0.290. The van der Waals surface area contributed by atoms with E-state index in [1.165, 1.54) is 35.4 Å². The molecule has 2 heterocycles. The van der Waals surface area contributed by atoms with Crippen molar-refractivity contribution in [2.24, 2.45) is 13.0 Å². The first kappa shape index (κ1) is 16.9. The highest BCUT2D eigenvalue weighted by Crippen LogP contribution is 2.33. The van der Waals surface area contributed by atoms with Crippen LogP contribution in [-0.4, -0.2) is 27.2 Å². The van der Waals surface area contributed by atoms with Crippen molar-refractivity contribution >= 4 is 23.5 Å². The number of halogens is 1. The number of hydrogen-bond donors (Lipinski definition) is 0. The maximum Gasteiger partial charge on any atom is 0.0745 e. The van der Waals surface area contributed by atoms with Crippen LogP contribution >= 0.6 is 23.5 Å². The van der Waals surface area contributed by atoms with Gasteiger partial charge in [-0.2, -0.15) is 5.10 Å². The third-order valence-electron chi connectivity index (χ3n) is 4.67. The Morgan fingerprint density at radius 3 is 2.39 bits per heavy atom. The number of hydrogen-bond acceptors (Lipinski definition) is 3. The molecule has 0 amide bonds. The Balaban J connectivity index is 1.53. The Bertz CT molecular complexity index is 658. The minimum atomic E-state index is 0.782. The predicted molar refractivity (Wildman–Crippen MR) is 98.0 cm³/mol. The summed E-state index contributed by atoms with van der Waals surface area (Å²) in [5, 5.41) is 5.33. The maximum atomic E-state index is 5.96. The lowest BCUT2D eigenvalue weighted by Gasteiger charge is -2.31. The molecule has 1 aliphatic rings. The number of rotatable bonds is 4. The van der Waals surface area contributed by atoms with Crippen molar-refractivity contribution < 1.29 is 0 Å². The molecule has 0 unspecified atom stereocenters. The topological polar surface area (TPSA) is 21.1 Å². The first-order chi connectivity index (χ1) is 11.0. The zero-order valence-corrected chi connectivity index (χ0v) is 15.6. The van der Waals surface area contributed by atoms with E-state index in [4.69, 9.17) is 11.6 Å². The van der Waals surface area contributed by atoms with E-state index in [2.05, 4.69) is 35.4 Å². The van der Waals surface area contributed by atoms with Gasteiger partial charge in [0.1, 0.15) is 0 Å². The van der Waals surface area contributed by atoms with Crippen LogP contribution in [-0.2, 0) is 13.5 Å². The van der Waals surface area contributed by atoms with E-state index < -0.39 is 0 Å². The lowest BCUT2D eigenvalue weighted by Crippen LogP contribution is -2.29. The molecule has 1 aromatic carbocycles. The quantitative estimate of drug-likeness (QED) is 0.749. The molecule has 0 radical (unpaired) electrons. The highest BCUT2D eigenvalue weighted by atomic mass is 35.5. The van der Waals surface area contributed by atoms with Crippen molar-refractivity contribution in [2.45, 2.75) is 38.0 Å². The van der Waals surface area contributed by atoms with E-state index in [9.17, 15) is 0 Å². The van der Waals surface area contributed by atoms with Gasteiger partial charge in [0, 0.05) is 25.2 Å². The van der Waals surface area contributed by atoms with Crippen LogP contribution in [0.25, 0.3) is 0 Å². The number of benzene rings is 1. The minimum absolute atomic E-state index is 0.782. The van der Waals surface area contributed by atoms with Gasteiger partial charge in [-0.05, 0) is 68.7 Å². The fourth-order valence-electron chi connectivity index (χ4n) is 3.17. The van der Waals surface area contributed by atoms with E-state index >= 15 is 0 Å². The Morgan fingerprint density at radius 2 is 1.83 bits per heavy atom. The van der Waals surface area contributed by atoms with Crippen molar-refractivity contribution in [3.05, 3.63) is 46.2 Å². The number of nitrogens with zero attached hydrogens (tertiary/aromatic N) is 3. The summed E-state index contributed by atoms with van der Waals surface area (Å²) in [7, 11) is 2.02. The third kappa shape index (κ3) is 4.11.